The normalized spacial score (nSPS) is 24.2. The van der Waals surface area contributed by atoms with Gasteiger partial charge in [-0.1, -0.05) is 13.8 Å². The van der Waals surface area contributed by atoms with Gasteiger partial charge in [0.2, 0.25) is 0 Å². The van der Waals surface area contributed by atoms with Gasteiger partial charge in [0.05, 0.1) is 5.60 Å². The average molecular weight is 211 g/mol. The molecule has 0 spiro atoms. The smallest absolute Gasteiger partial charge is 0.0694 e. The first-order valence-corrected chi connectivity index (χ1v) is 6.58. The van der Waals surface area contributed by atoms with Crippen molar-refractivity contribution >= 4 is 0 Å². The van der Waals surface area contributed by atoms with E-state index in [-0.39, 0.29) is 5.60 Å². The van der Waals surface area contributed by atoms with Crippen LogP contribution in [0, 0.1) is 5.92 Å². The predicted octanol–water partition coefficient (Wildman–Crippen LogP) is 2.72. The Morgan fingerprint density at radius 3 is 2.53 bits per heavy atom. The minimum atomic E-state index is 0.256. The van der Waals surface area contributed by atoms with Gasteiger partial charge in [0.25, 0.3) is 0 Å². The molecule has 2 nitrogen and oxygen atoms in total. The Morgan fingerprint density at radius 1 is 1.33 bits per heavy atom. The molecule has 0 saturated heterocycles. The Hall–Kier alpha value is -0.0800. The van der Waals surface area contributed by atoms with Crippen molar-refractivity contribution in [1.82, 2.24) is 5.32 Å². The van der Waals surface area contributed by atoms with Gasteiger partial charge < -0.3 is 10.1 Å². The highest BCUT2D eigenvalue weighted by Gasteiger charge is 2.37. The summed E-state index contributed by atoms with van der Waals surface area (Å²) in [6.45, 7) is 6.55. The standard InChI is InChI=1S/C13H25NO/c1-11(2)10-15-13(6-3-7-13)8-9-14-12-4-5-12/h11-12,14H,3-10H2,1-2H3. The second-order valence-electron chi connectivity index (χ2n) is 5.72. The van der Waals surface area contributed by atoms with E-state index in [1.807, 2.05) is 0 Å². The fourth-order valence-electron chi connectivity index (χ4n) is 2.17. The van der Waals surface area contributed by atoms with Gasteiger partial charge in [-0.15, -0.1) is 0 Å². The van der Waals surface area contributed by atoms with E-state index in [4.69, 9.17) is 4.74 Å². The Labute approximate surface area is 93.8 Å². The quantitative estimate of drug-likeness (QED) is 0.699. The van der Waals surface area contributed by atoms with Crippen LogP contribution in [0.2, 0.25) is 0 Å². The summed E-state index contributed by atoms with van der Waals surface area (Å²) in [5.74, 6) is 0.666. The summed E-state index contributed by atoms with van der Waals surface area (Å²) >= 11 is 0. The molecular formula is C13H25NO. The summed E-state index contributed by atoms with van der Waals surface area (Å²) < 4.78 is 6.09. The number of ether oxygens (including phenoxy) is 1. The molecule has 2 rings (SSSR count). The zero-order chi connectivity index (χ0) is 10.7. The van der Waals surface area contributed by atoms with Crippen molar-refractivity contribution in [2.75, 3.05) is 13.2 Å². The van der Waals surface area contributed by atoms with Crippen molar-refractivity contribution in [1.29, 1.82) is 0 Å². The monoisotopic (exact) mass is 211 g/mol. The topological polar surface area (TPSA) is 21.3 Å². The zero-order valence-electron chi connectivity index (χ0n) is 10.2. The molecule has 0 heterocycles. The minimum Gasteiger partial charge on any atom is -0.375 e. The fraction of sp³-hybridized carbons (Fsp3) is 1.00. The maximum atomic E-state index is 6.09. The van der Waals surface area contributed by atoms with Gasteiger partial charge in [0.15, 0.2) is 0 Å². The molecule has 0 aromatic rings. The number of rotatable bonds is 7. The molecule has 0 radical (unpaired) electrons. The van der Waals surface area contributed by atoms with Crippen molar-refractivity contribution in [2.45, 2.75) is 64.0 Å². The summed E-state index contributed by atoms with van der Waals surface area (Å²) in [5.41, 5.74) is 0.256. The van der Waals surface area contributed by atoms with Crippen LogP contribution in [-0.4, -0.2) is 24.8 Å². The molecule has 1 N–H and O–H groups in total. The molecule has 2 fully saturated rings. The first-order chi connectivity index (χ1) is 7.20. The van der Waals surface area contributed by atoms with Crippen molar-refractivity contribution in [3.8, 4) is 0 Å². The molecule has 15 heavy (non-hydrogen) atoms. The second-order valence-corrected chi connectivity index (χ2v) is 5.72. The van der Waals surface area contributed by atoms with E-state index >= 15 is 0 Å². The molecule has 0 aromatic carbocycles. The van der Waals surface area contributed by atoms with Crippen molar-refractivity contribution in [3.05, 3.63) is 0 Å². The average Bonchev–Trinajstić information content (AvgIpc) is 2.91. The molecular weight excluding hydrogens is 186 g/mol. The van der Waals surface area contributed by atoms with Crippen LogP contribution < -0.4 is 5.32 Å². The van der Waals surface area contributed by atoms with Gasteiger partial charge in [-0.2, -0.15) is 0 Å². The molecule has 2 aliphatic rings. The summed E-state index contributed by atoms with van der Waals surface area (Å²) in [6, 6.07) is 0.840. The fourth-order valence-corrected chi connectivity index (χ4v) is 2.17. The highest BCUT2D eigenvalue weighted by Crippen LogP contribution is 2.38. The molecule has 2 saturated carbocycles. The lowest BCUT2D eigenvalue weighted by Gasteiger charge is -2.42. The van der Waals surface area contributed by atoms with Crippen molar-refractivity contribution in [3.63, 3.8) is 0 Å². The number of hydrogen-bond acceptors (Lipinski definition) is 2. The van der Waals surface area contributed by atoms with Gasteiger partial charge in [-0.25, -0.2) is 0 Å². The molecule has 0 aromatic heterocycles. The molecule has 88 valence electrons. The Bertz CT molecular complexity index is 195. The maximum Gasteiger partial charge on any atom is 0.0694 e. The van der Waals surface area contributed by atoms with Crippen molar-refractivity contribution < 1.29 is 4.74 Å². The van der Waals surface area contributed by atoms with Gasteiger partial charge in [-0.3, -0.25) is 0 Å². The van der Waals surface area contributed by atoms with Gasteiger partial charge in [0, 0.05) is 12.6 Å². The van der Waals surface area contributed by atoms with Gasteiger partial charge in [0.1, 0.15) is 0 Å². The first-order valence-electron chi connectivity index (χ1n) is 6.58. The summed E-state index contributed by atoms with van der Waals surface area (Å²) in [7, 11) is 0. The first kappa shape index (κ1) is 11.4. The van der Waals surface area contributed by atoms with E-state index in [0.717, 1.165) is 19.2 Å². The molecule has 2 heteroatoms. The summed E-state index contributed by atoms with van der Waals surface area (Å²) in [6.07, 6.45) is 7.93. The van der Waals surface area contributed by atoms with Gasteiger partial charge in [-0.05, 0) is 51.0 Å². The van der Waals surface area contributed by atoms with Crippen LogP contribution in [0.15, 0.2) is 0 Å². The number of nitrogens with one attached hydrogen (secondary N) is 1. The Morgan fingerprint density at radius 2 is 2.07 bits per heavy atom. The third kappa shape index (κ3) is 3.46. The lowest BCUT2D eigenvalue weighted by atomic mass is 9.77. The molecule has 2 aliphatic carbocycles. The van der Waals surface area contributed by atoms with Crippen LogP contribution in [-0.2, 0) is 4.74 Å². The zero-order valence-corrected chi connectivity index (χ0v) is 10.2. The molecule has 0 atom stereocenters. The summed E-state index contributed by atoms with van der Waals surface area (Å²) in [4.78, 5) is 0. The largest absolute Gasteiger partial charge is 0.375 e. The third-order valence-corrected chi connectivity index (χ3v) is 3.58. The SMILES string of the molecule is CC(C)COC1(CCNC2CC2)CCC1. The van der Waals surface area contributed by atoms with Gasteiger partial charge >= 0.3 is 0 Å². The van der Waals surface area contributed by atoms with Crippen molar-refractivity contribution in [2.24, 2.45) is 5.92 Å². The van der Waals surface area contributed by atoms with Crippen LogP contribution in [0.25, 0.3) is 0 Å². The van der Waals surface area contributed by atoms with Crippen LogP contribution >= 0.6 is 0 Å². The number of hydrogen-bond donors (Lipinski definition) is 1. The highest BCUT2D eigenvalue weighted by atomic mass is 16.5. The highest BCUT2D eigenvalue weighted by molar-refractivity contribution is 4.91. The minimum absolute atomic E-state index is 0.256. The van der Waals surface area contributed by atoms with E-state index < -0.39 is 0 Å². The Kier molecular flexibility index (Phi) is 3.68. The molecule has 0 aliphatic heterocycles. The van der Waals surface area contributed by atoms with E-state index in [0.29, 0.717) is 5.92 Å². The van der Waals surface area contributed by atoms with E-state index in [1.54, 1.807) is 0 Å². The molecule has 0 bridgehead atoms. The van der Waals surface area contributed by atoms with Crippen LogP contribution in [0.3, 0.4) is 0 Å². The lowest BCUT2D eigenvalue weighted by Crippen LogP contribution is -2.43. The maximum absolute atomic E-state index is 6.09. The second kappa shape index (κ2) is 4.84. The van der Waals surface area contributed by atoms with Crippen LogP contribution in [0.4, 0.5) is 0 Å². The van der Waals surface area contributed by atoms with E-state index in [2.05, 4.69) is 19.2 Å². The van der Waals surface area contributed by atoms with E-state index in [1.165, 1.54) is 38.5 Å². The van der Waals surface area contributed by atoms with Crippen LogP contribution in [0.1, 0.15) is 52.4 Å². The lowest BCUT2D eigenvalue weighted by molar-refractivity contribution is -0.112. The van der Waals surface area contributed by atoms with Crippen LogP contribution in [0.5, 0.6) is 0 Å². The summed E-state index contributed by atoms with van der Waals surface area (Å²) in [5, 5.41) is 3.59. The molecule has 0 unspecified atom stereocenters. The Balaban J connectivity index is 1.64. The third-order valence-electron chi connectivity index (χ3n) is 3.58. The van der Waals surface area contributed by atoms with E-state index in [9.17, 15) is 0 Å². The predicted molar refractivity (Wildman–Crippen MR) is 63.0 cm³/mol. The molecule has 0 amide bonds.